The van der Waals surface area contributed by atoms with E-state index < -0.39 is 81.1 Å². The van der Waals surface area contributed by atoms with Crippen molar-refractivity contribution in [1.29, 1.82) is 0 Å². The summed E-state index contributed by atoms with van der Waals surface area (Å²) >= 11 is 0. The van der Waals surface area contributed by atoms with E-state index in [0.29, 0.717) is 48.9 Å². The van der Waals surface area contributed by atoms with Crippen LogP contribution in [0, 0.1) is 13.8 Å². The Hall–Kier alpha value is -4.74. The molecule has 0 aliphatic carbocycles. The highest BCUT2D eigenvalue weighted by Crippen LogP contribution is 2.54. The maximum absolute atomic E-state index is 15.4. The number of carbonyl (C=O) groups is 4. The van der Waals surface area contributed by atoms with Gasteiger partial charge < -0.3 is 0 Å². The van der Waals surface area contributed by atoms with Crippen LogP contribution in [0.5, 0.6) is 0 Å². The highest BCUT2D eigenvalue weighted by molar-refractivity contribution is 6.43. The molecule has 0 spiro atoms. The zero-order valence-electron chi connectivity index (χ0n) is 29.5. The Labute approximate surface area is 295 Å². The van der Waals surface area contributed by atoms with E-state index in [1.54, 1.807) is 27.7 Å². The number of benzene rings is 5. The van der Waals surface area contributed by atoms with Gasteiger partial charge in [-0.1, -0.05) is 39.5 Å². The number of halogens is 6. The quantitative estimate of drug-likeness (QED) is 0.0692. The minimum absolute atomic E-state index is 0.0773. The summed E-state index contributed by atoms with van der Waals surface area (Å²) in [4.78, 5) is 58.2. The second kappa shape index (κ2) is 11.9. The van der Waals surface area contributed by atoms with Crippen LogP contribution in [0.25, 0.3) is 43.1 Å². The van der Waals surface area contributed by atoms with Crippen LogP contribution in [-0.2, 0) is 12.4 Å². The van der Waals surface area contributed by atoms with Gasteiger partial charge in [0.25, 0.3) is 23.6 Å². The lowest BCUT2D eigenvalue weighted by Crippen LogP contribution is -2.46. The van der Waals surface area contributed by atoms with E-state index in [0.717, 1.165) is 22.6 Å². The molecule has 0 N–H and O–H groups in total. The third kappa shape index (κ3) is 4.85. The number of hydrogen-bond acceptors (Lipinski definition) is 4. The monoisotopic (exact) mass is 722 g/mol. The topological polar surface area (TPSA) is 74.8 Å². The van der Waals surface area contributed by atoms with E-state index >= 15 is 26.3 Å². The van der Waals surface area contributed by atoms with Crippen molar-refractivity contribution in [2.24, 2.45) is 0 Å². The number of aryl methyl sites for hydroxylation is 2. The molecule has 0 bridgehead atoms. The molecule has 4 amide bonds. The average Bonchev–Trinajstić information content (AvgIpc) is 3.06. The lowest BCUT2D eigenvalue weighted by molar-refractivity contribution is -0.138. The van der Waals surface area contributed by atoms with E-state index in [9.17, 15) is 19.2 Å². The number of imide groups is 2. The van der Waals surface area contributed by atoms with Gasteiger partial charge in [0.05, 0.1) is 11.1 Å². The lowest BCUT2D eigenvalue weighted by Gasteiger charge is -2.35. The summed E-state index contributed by atoms with van der Waals surface area (Å²) in [7, 11) is 0. The smallest absolute Gasteiger partial charge is 0.272 e. The van der Waals surface area contributed by atoms with Crippen molar-refractivity contribution >= 4 is 66.7 Å². The van der Waals surface area contributed by atoms with E-state index in [2.05, 4.69) is 0 Å². The molecule has 2 atom stereocenters. The van der Waals surface area contributed by atoms with Gasteiger partial charge in [0, 0.05) is 55.9 Å². The number of hydrogen-bond donors (Lipinski definition) is 0. The lowest BCUT2D eigenvalue weighted by atomic mass is 9.76. The van der Waals surface area contributed by atoms with E-state index in [-0.39, 0.29) is 43.4 Å². The fourth-order valence-electron chi connectivity index (χ4n) is 8.59. The predicted molar refractivity (Wildman–Crippen MR) is 186 cm³/mol. The standard InChI is InChI=1S/C40H36F6N2O4/c1-7-9-11-19(5)47-35(49)21-13-17(3)27-28-18(4)14-22-30-24(38(52)48(36(22)50)20(6)12-10-8-2)16-26(40(44,45)46)32(34(28)30)31-25(39(41,42)43)15-23(37(47)51)29(21)33(27)31/h13-16,19-20H,7-12H2,1-6H3. The van der Waals surface area contributed by atoms with Crippen LogP contribution in [0.15, 0.2) is 24.3 Å². The van der Waals surface area contributed by atoms with Crippen molar-refractivity contribution in [3.05, 3.63) is 68.8 Å². The maximum atomic E-state index is 15.4. The molecule has 6 nitrogen and oxygen atoms in total. The summed E-state index contributed by atoms with van der Waals surface area (Å²) in [6.45, 7) is 10.2. The molecular formula is C40H36F6N2O4. The summed E-state index contributed by atoms with van der Waals surface area (Å²) in [5.74, 6) is -3.38. The molecule has 0 fully saturated rings. The number of carbonyl (C=O) groups excluding carboxylic acids is 4. The molecule has 12 heteroatoms. The molecule has 5 aromatic carbocycles. The first-order valence-electron chi connectivity index (χ1n) is 17.6. The van der Waals surface area contributed by atoms with Crippen LogP contribution in [0.4, 0.5) is 26.3 Å². The molecule has 272 valence electrons. The van der Waals surface area contributed by atoms with Gasteiger partial charge >= 0.3 is 12.4 Å². The van der Waals surface area contributed by atoms with Crippen LogP contribution in [0.3, 0.4) is 0 Å². The Morgan fingerprint density at radius 2 is 0.808 bits per heavy atom. The van der Waals surface area contributed by atoms with Gasteiger partial charge in [0.15, 0.2) is 0 Å². The van der Waals surface area contributed by atoms with Crippen LogP contribution >= 0.6 is 0 Å². The van der Waals surface area contributed by atoms with E-state index in [1.165, 1.54) is 12.1 Å². The molecule has 2 unspecified atom stereocenters. The summed E-state index contributed by atoms with van der Waals surface area (Å²) in [6, 6.07) is 2.78. The van der Waals surface area contributed by atoms with Crippen LogP contribution in [-0.4, -0.2) is 45.5 Å². The Morgan fingerprint density at radius 1 is 0.500 bits per heavy atom. The summed E-state index contributed by atoms with van der Waals surface area (Å²) in [5, 5.41) is -2.28. The molecule has 2 aliphatic rings. The van der Waals surface area contributed by atoms with E-state index in [1.807, 2.05) is 13.8 Å². The SMILES string of the molecule is CCCCC(C)N1C(=O)c2cc(C)c3c4c(C)cc5c6c(cc(C(F)(F)F)c(c7c(C(F)(F)F)cc(c2c37)C1=O)c64)C(=O)N(C(C)CCCC)C5=O. The minimum Gasteiger partial charge on any atom is -0.272 e. The fourth-order valence-corrected chi connectivity index (χ4v) is 8.59. The molecule has 2 heterocycles. The molecule has 0 saturated carbocycles. The van der Waals surface area contributed by atoms with Crippen molar-refractivity contribution in [1.82, 2.24) is 9.80 Å². The average molecular weight is 723 g/mol. The Balaban J connectivity index is 1.72. The van der Waals surface area contributed by atoms with Gasteiger partial charge in [-0.2, -0.15) is 26.3 Å². The second-order valence-corrected chi connectivity index (χ2v) is 14.4. The number of fused-ring (bicyclic) bond motifs is 2. The zero-order chi connectivity index (χ0) is 37.9. The van der Waals surface area contributed by atoms with Crippen molar-refractivity contribution in [2.45, 2.75) is 105 Å². The maximum Gasteiger partial charge on any atom is 0.417 e. The molecule has 0 saturated heterocycles. The molecule has 2 aliphatic heterocycles. The van der Waals surface area contributed by atoms with Gasteiger partial charge in [-0.15, -0.1) is 0 Å². The first kappa shape index (κ1) is 35.7. The second-order valence-electron chi connectivity index (χ2n) is 14.4. The molecule has 5 aromatic rings. The van der Waals surface area contributed by atoms with Crippen molar-refractivity contribution in [2.75, 3.05) is 0 Å². The third-order valence-corrected chi connectivity index (χ3v) is 10.9. The van der Waals surface area contributed by atoms with Crippen LogP contribution < -0.4 is 0 Å². The van der Waals surface area contributed by atoms with Crippen molar-refractivity contribution in [3.63, 3.8) is 0 Å². The highest BCUT2D eigenvalue weighted by atomic mass is 19.4. The van der Waals surface area contributed by atoms with Gasteiger partial charge in [-0.05, 0) is 97.5 Å². The number of rotatable bonds is 8. The fraction of sp³-hybridized carbons (Fsp3) is 0.400. The van der Waals surface area contributed by atoms with Gasteiger partial charge in [0.1, 0.15) is 0 Å². The van der Waals surface area contributed by atoms with E-state index in [4.69, 9.17) is 0 Å². The normalized spacial score (nSPS) is 16.5. The highest BCUT2D eigenvalue weighted by Gasteiger charge is 2.46. The molecular weight excluding hydrogens is 686 g/mol. The van der Waals surface area contributed by atoms with Gasteiger partial charge in [-0.3, -0.25) is 29.0 Å². The van der Waals surface area contributed by atoms with Gasteiger partial charge in [-0.25, -0.2) is 0 Å². The Morgan fingerprint density at radius 3 is 1.10 bits per heavy atom. The summed E-state index contributed by atoms with van der Waals surface area (Å²) in [6.07, 6.45) is -6.89. The largest absolute Gasteiger partial charge is 0.417 e. The molecule has 0 aromatic heterocycles. The number of amides is 4. The molecule has 52 heavy (non-hydrogen) atoms. The number of alkyl halides is 6. The Kier molecular flexibility index (Phi) is 8.15. The first-order valence-corrected chi connectivity index (χ1v) is 17.6. The Bertz CT molecular complexity index is 2240. The van der Waals surface area contributed by atoms with Gasteiger partial charge in [0.2, 0.25) is 0 Å². The molecule has 0 radical (unpaired) electrons. The molecule has 7 rings (SSSR count). The number of nitrogens with zero attached hydrogens (tertiary/aromatic N) is 2. The third-order valence-electron chi connectivity index (χ3n) is 10.9. The number of unbranched alkanes of at least 4 members (excludes halogenated alkanes) is 2. The first-order chi connectivity index (χ1) is 24.4. The van der Waals surface area contributed by atoms with Crippen molar-refractivity contribution < 1.29 is 45.5 Å². The summed E-state index contributed by atoms with van der Waals surface area (Å²) in [5.41, 5.74) is -3.37. The summed E-state index contributed by atoms with van der Waals surface area (Å²) < 4.78 is 92.2. The minimum atomic E-state index is -5.26. The van der Waals surface area contributed by atoms with Crippen LogP contribution in [0.1, 0.15) is 130 Å². The van der Waals surface area contributed by atoms with Crippen molar-refractivity contribution in [3.8, 4) is 0 Å². The zero-order valence-corrected chi connectivity index (χ0v) is 29.5. The van der Waals surface area contributed by atoms with Crippen LogP contribution in [0.2, 0.25) is 0 Å². The predicted octanol–water partition coefficient (Wildman–Crippen LogP) is 10.7.